The Labute approximate surface area is 652 Å². The summed E-state index contributed by atoms with van der Waals surface area (Å²) in [5.41, 5.74) is 0. The average molecular weight is 1530 g/mol. The maximum Gasteiger partial charge on any atom is 0.220 e. The molecule has 0 aliphatic carbocycles. The Morgan fingerprint density at radius 3 is 0.879 bits per heavy atom. The van der Waals surface area contributed by atoms with Crippen molar-refractivity contribution in [1.29, 1.82) is 0 Å². The molecule has 634 valence electrons. The van der Waals surface area contributed by atoms with Crippen LogP contribution in [0.5, 0.6) is 0 Å². The van der Waals surface area contributed by atoms with Gasteiger partial charge in [0.05, 0.1) is 38.6 Å². The number of nitrogens with one attached hydrogen (secondary N) is 1. The second-order valence-electron chi connectivity index (χ2n) is 32.8. The van der Waals surface area contributed by atoms with Gasteiger partial charge >= 0.3 is 0 Å². The fourth-order valence-electron chi connectivity index (χ4n) is 15.8. The van der Waals surface area contributed by atoms with E-state index in [-0.39, 0.29) is 18.9 Å². The van der Waals surface area contributed by atoms with Crippen molar-refractivity contribution in [3.8, 4) is 0 Å². The molecule has 0 radical (unpaired) electrons. The summed E-state index contributed by atoms with van der Waals surface area (Å²) >= 11 is 0. The second-order valence-corrected chi connectivity index (χ2v) is 32.8. The van der Waals surface area contributed by atoms with Crippen LogP contribution in [0.15, 0.2) is 12.2 Å². The van der Waals surface area contributed by atoms with Gasteiger partial charge in [-0.2, -0.15) is 0 Å². The van der Waals surface area contributed by atoms with Crippen LogP contribution in [0.3, 0.4) is 0 Å². The van der Waals surface area contributed by atoms with Gasteiger partial charge in [-0.05, 0) is 19.3 Å². The van der Waals surface area contributed by atoms with Crippen LogP contribution in [0.25, 0.3) is 0 Å². The van der Waals surface area contributed by atoms with Crippen molar-refractivity contribution in [2.24, 2.45) is 0 Å². The minimum Gasteiger partial charge on any atom is -0.394 e. The minimum absolute atomic E-state index is 0.251. The van der Waals surface area contributed by atoms with Crippen LogP contribution in [-0.4, -0.2) is 193 Å². The lowest BCUT2D eigenvalue weighted by atomic mass is 9.96. The summed E-state index contributed by atoms with van der Waals surface area (Å²) in [7, 11) is 0. The Morgan fingerprint density at radius 1 is 0.327 bits per heavy atom. The highest BCUT2D eigenvalue weighted by Gasteiger charge is 2.54. The molecule has 17 atom stereocenters. The first-order chi connectivity index (χ1) is 52.3. The number of hydrogen-bond donors (Lipinski definition) is 12. The lowest BCUT2D eigenvalue weighted by molar-refractivity contribution is -0.379. The van der Waals surface area contributed by atoms with Gasteiger partial charge in [0.15, 0.2) is 18.9 Å². The predicted molar refractivity (Wildman–Crippen MR) is 430 cm³/mol. The molecule has 0 aromatic carbocycles. The van der Waals surface area contributed by atoms with Crippen molar-refractivity contribution in [1.82, 2.24) is 5.32 Å². The van der Waals surface area contributed by atoms with Gasteiger partial charge in [0.1, 0.15) is 73.2 Å². The van der Waals surface area contributed by atoms with Gasteiger partial charge in [-0.1, -0.05) is 398 Å². The summed E-state index contributed by atoms with van der Waals surface area (Å²) in [5.74, 6) is -0.264. The number of allylic oxidation sites excluding steroid dienone is 1. The van der Waals surface area contributed by atoms with Crippen LogP contribution in [0.4, 0.5) is 0 Å². The van der Waals surface area contributed by atoms with Gasteiger partial charge in [-0.25, -0.2) is 0 Å². The molecular weight excluding hydrogens is 1360 g/mol. The zero-order valence-electron chi connectivity index (χ0n) is 68.4. The van der Waals surface area contributed by atoms with Crippen molar-refractivity contribution >= 4 is 5.91 Å². The lowest BCUT2D eigenvalue weighted by Crippen LogP contribution is -2.66. The molecule has 3 heterocycles. The fourth-order valence-corrected chi connectivity index (χ4v) is 15.8. The summed E-state index contributed by atoms with van der Waals surface area (Å²) in [4.78, 5) is 13.5. The first-order valence-electron chi connectivity index (χ1n) is 45.4. The van der Waals surface area contributed by atoms with Crippen molar-refractivity contribution in [3.63, 3.8) is 0 Å². The van der Waals surface area contributed by atoms with E-state index in [4.69, 9.17) is 28.4 Å². The van der Waals surface area contributed by atoms with Crippen molar-refractivity contribution < 1.29 is 89.4 Å². The van der Waals surface area contributed by atoms with E-state index in [1.807, 2.05) is 6.08 Å². The Balaban J connectivity index is 1.33. The van der Waals surface area contributed by atoms with E-state index in [9.17, 15) is 61.0 Å². The van der Waals surface area contributed by atoms with Crippen LogP contribution in [0.2, 0.25) is 0 Å². The summed E-state index contributed by atoms with van der Waals surface area (Å²) in [6.45, 7) is 1.82. The van der Waals surface area contributed by atoms with E-state index in [0.29, 0.717) is 6.42 Å². The van der Waals surface area contributed by atoms with Crippen LogP contribution in [-0.2, 0) is 33.2 Å². The molecule has 3 aliphatic heterocycles. The molecule has 1 amide bonds. The highest BCUT2D eigenvalue weighted by atomic mass is 16.8. The molecule has 3 saturated heterocycles. The quantitative estimate of drug-likeness (QED) is 0.0199. The van der Waals surface area contributed by atoms with Gasteiger partial charge in [-0.3, -0.25) is 4.79 Å². The number of ether oxygens (including phenoxy) is 6. The molecular formula is C88H169NO18. The smallest absolute Gasteiger partial charge is 0.220 e. The zero-order chi connectivity index (χ0) is 77.4. The molecule has 0 bridgehead atoms. The summed E-state index contributed by atoms with van der Waals surface area (Å²) < 4.78 is 34.5. The standard InChI is InChI=1S/C88H169NO18/c1-3-5-7-9-11-13-15-17-19-21-23-25-27-29-31-33-35-37-39-41-43-45-47-49-51-53-55-57-59-61-63-65-72(93)71(89-76(94)66-64-62-60-58-56-54-52-50-48-46-44-42-40-38-36-34-32-30-28-26-24-22-20-18-16-14-12-10-8-6-4-2)70-102-86-82(100)79(97)84(74(68-91)104-86)107-88-83(101)80(98)85(75(69-92)105-88)106-87-81(99)78(96)77(95)73(67-90)103-87/h63,65,71-75,77-88,90-93,95-101H,3-62,64,66-70H2,1-2H3,(H,89,94)/b65-63+. The van der Waals surface area contributed by atoms with E-state index in [0.717, 1.165) is 44.9 Å². The number of carbonyl (C=O) groups is 1. The summed E-state index contributed by atoms with van der Waals surface area (Å²) in [5, 5.41) is 121. The number of aliphatic hydroxyl groups is 11. The topological polar surface area (TPSA) is 307 Å². The second kappa shape index (κ2) is 68.9. The lowest BCUT2D eigenvalue weighted by Gasteiger charge is -2.48. The molecule has 0 aromatic rings. The number of carbonyl (C=O) groups excluding carboxylic acids is 1. The molecule has 3 fully saturated rings. The number of amides is 1. The van der Waals surface area contributed by atoms with Crippen LogP contribution < -0.4 is 5.32 Å². The fraction of sp³-hybridized carbons (Fsp3) is 0.966. The maximum atomic E-state index is 13.5. The molecule has 3 rings (SSSR count). The molecule has 0 saturated carbocycles. The molecule has 17 unspecified atom stereocenters. The molecule has 0 aromatic heterocycles. The molecule has 107 heavy (non-hydrogen) atoms. The molecule has 0 spiro atoms. The average Bonchev–Trinajstić information content (AvgIpc) is 0.781. The van der Waals surface area contributed by atoms with Crippen molar-refractivity contribution in [2.75, 3.05) is 26.4 Å². The maximum absolute atomic E-state index is 13.5. The first kappa shape index (κ1) is 99.7. The Morgan fingerprint density at radius 2 is 0.579 bits per heavy atom. The van der Waals surface area contributed by atoms with E-state index in [1.54, 1.807) is 6.08 Å². The van der Waals surface area contributed by atoms with Gasteiger partial charge in [0.2, 0.25) is 5.91 Å². The SMILES string of the molecule is CCCCCCCCCCCCCCCCCCCCCCCCCCCCCCC/C=C/C(O)C(COC1OC(CO)C(OC2OC(CO)C(OC3OC(CO)C(O)C(O)C3O)C(O)C2O)C(O)C1O)NC(=O)CCCCCCCCCCCCCCCCCCCCCCCCCCCCCCCCC. The van der Waals surface area contributed by atoms with Crippen LogP contribution in [0, 0.1) is 0 Å². The van der Waals surface area contributed by atoms with E-state index in [2.05, 4.69) is 19.2 Å². The summed E-state index contributed by atoms with van der Waals surface area (Å²) in [6.07, 6.45) is 58.0. The molecule has 19 nitrogen and oxygen atoms in total. The Bertz CT molecular complexity index is 1970. The van der Waals surface area contributed by atoms with E-state index >= 15 is 0 Å². The van der Waals surface area contributed by atoms with Gasteiger partial charge in [0, 0.05) is 6.42 Å². The van der Waals surface area contributed by atoms with Crippen LogP contribution in [0.1, 0.15) is 412 Å². The van der Waals surface area contributed by atoms with E-state index in [1.165, 1.54) is 340 Å². The van der Waals surface area contributed by atoms with Crippen molar-refractivity contribution in [2.45, 2.75) is 516 Å². The molecule has 19 heteroatoms. The first-order valence-corrected chi connectivity index (χ1v) is 45.4. The third-order valence-corrected chi connectivity index (χ3v) is 23.1. The monoisotopic (exact) mass is 1530 g/mol. The largest absolute Gasteiger partial charge is 0.394 e. The summed E-state index contributed by atoms with van der Waals surface area (Å²) in [6, 6.07) is -0.971. The molecule has 12 N–H and O–H groups in total. The Kier molecular flexibility index (Phi) is 64.2. The normalized spacial score (nSPS) is 25.5. The molecule has 3 aliphatic rings. The predicted octanol–water partition coefficient (Wildman–Crippen LogP) is 17.1. The van der Waals surface area contributed by atoms with Gasteiger partial charge in [-0.15, -0.1) is 0 Å². The third kappa shape index (κ3) is 47.9. The van der Waals surface area contributed by atoms with Crippen LogP contribution >= 0.6 is 0 Å². The van der Waals surface area contributed by atoms with E-state index < -0.39 is 124 Å². The number of aliphatic hydroxyl groups excluding tert-OH is 11. The highest BCUT2D eigenvalue weighted by Crippen LogP contribution is 2.34. The highest BCUT2D eigenvalue weighted by molar-refractivity contribution is 5.76. The van der Waals surface area contributed by atoms with Crippen molar-refractivity contribution in [3.05, 3.63) is 12.2 Å². The number of unbranched alkanes of at least 4 members (excludes halogenated alkanes) is 59. The van der Waals surface area contributed by atoms with Gasteiger partial charge < -0.3 is 89.9 Å². The number of rotatable bonds is 75. The van der Waals surface area contributed by atoms with Gasteiger partial charge in [0.25, 0.3) is 0 Å². The zero-order valence-corrected chi connectivity index (χ0v) is 68.4. The Hall–Kier alpha value is -1.47. The third-order valence-electron chi connectivity index (χ3n) is 23.1. The number of hydrogen-bond acceptors (Lipinski definition) is 18. The minimum atomic E-state index is -1.98.